The van der Waals surface area contributed by atoms with Gasteiger partial charge in [0.2, 0.25) is 0 Å². The second-order valence-corrected chi connectivity index (χ2v) is 5.80. The van der Waals surface area contributed by atoms with Gasteiger partial charge >= 0.3 is 0 Å². The lowest BCUT2D eigenvalue weighted by Gasteiger charge is -2.17. The molecule has 2 aromatic rings. The molecule has 0 radical (unpaired) electrons. The van der Waals surface area contributed by atoms with Crippen LogP contribution in [-0.4, -0.2) is 43.2 Å². The SMILES string of the molecule is CCON=Cc1ccc(OCCCCN(C)c2ccc(Cl)nn2)cc1. The summed E-state index contributed by atoms with van der Waals surface area (Å²) in [5, 5.41) is 12.1. The van der Waals surface area contributed by atoms with Crippen LogP contribution in [0.25, 0.3) is 0 Å². The van der Waals surface area contributed by atoms with Gasteiger partial charge in [-0.3, -0.25) is 0 Å². The first kappa shape index (κ1) is 19.0. The standard InChI is InChI=1S/C18H23ClN4O2/c1-3-25-20-14-15-6-8-16(9-7-15)24-13-5-4-12-23(2)18-11-10-17(19)21-22-18/h6-11,14H,3-5,12-13H2,1-2H3. The molecule has 0 atom stereocenters. The van der Waals surface area contributed by atoms with Crippen molar-refractivity contribution < 1.29 is 9.57 Å². The van der Waals surface area contributed by atoms with Crippen molar-refractivity contribution in [3.8, 4) is 5.75 Å². The molecule has 0 aliphatic rings. The summed E-state index contributed by atoms with van der Waals surface area (Å²) in [6.07, 6.45) is 3.64. The third kappa shape index (κ3) is 6.97. The number of rotatable bonds is 10. The van der Waals surface area contributed by atoms with Gasteiger partial charge < -0.3 is 14.5 Å². The molecule has 0 spiro atoms. The first-order chi connectivity index (χ1) is 12.2. The number of oxime groups is 1. The molecule has 6 nitrogen and oxygen atoms in total. The molecule has 25 heavy (non-hydrogen) atoms. The fraction of sp³-hybridized carbons (Fsp3) is 0.389. The Balaban J connectivity index is 1.64. The maximum atomic E-state index is 5.75. The van der Waals surface area contributed by atoms with Crippen LogP contribution in [-0.2, 0) is 4.84 Å². The number of ether oxygens (including phenoxy) is 1. The monoisotopic (exact) mass is 362 g/mol. The van der Waals surface area contributed by atoms with Crippen molar-refractivity contribution in [1.29, 1.82) is 0 Å². The van der Waals surface area contributed by atoms with Crippen molar-refractivity contribution >= 4 is 23.6 Å². The van der Waals surface area contributed by atoms with Gasteiger partial charge in [0.25, 0.3) is 0 Å². The highest BCUT2D eigenvalue weighted by atomic mass is 35.5. The number of hydrogen-bond donors (Lipinski definition) is 0. The minimum atomic E-state index is 0.403. The first-order valence-corrected chi connectivity index (χ1v) is 8.65. The van der Waals surface area contributed by atoms with Crippen molar-refractivity contribution in [2.24, 2.45) is 5.16 Å². The Morgan fingerprint density at radius 2 is 1.92 bits per heavy atom. The summed E-state index contributed by atoms with van der Waals surface area (Å²) in [5.74, 6) is 1.67. The fourth-order valence-corrected chi connectivity index (χ4v) is 2.19. The van der Waals surface area contributed by atoms with Gasteiger partial charge in [0.15, 0.2) is 11.0 Å². The largest absolute Gasteiger partial charge is 0.494 e. The molecule has 0 aliphatic carbocycles. The minimum absolute atomic E-state index is 0.403. The van der Waals surface area contributed by atoms with Crippen LogP contribution in [0.15, 0.2) is 41.6 Å². The maximum absolute atomic E-state index is 5.75. The third-order valence-corrected chi connectivity index (χ3v) is 3.65. The summed E-state index contributed by atoms with van der Waals surface area (Å²) >= 11 is 5.74. The molecule has 1 aromatic carbocycles. The second kappa shape index (κ2) is 10.5. The average Bonchev–Trinajstić information content (AvgIpc) is 2.63. The minimum Gasteiger partial charge on any atom is -0.494 e. The summed E-state index contributed by atoms with van der Waals surface area (Å²) in [5.41, 5.74) is 0.978. The van der Waals surface area contributed by atoms with Crippen molar-refractivity contribution in [2.75, 3.05) is 31.7 Å². The van der Waals surface area contributed by atoms with E-state index in [4.69, 9.17) is 21.2 Å². The Morgan fingerprint density at radius 3 is 2.60 bits per heavy atom. The van der Waals surface area contributed by atoms with Gasteiger partial charge in [0.1, 0.15) is 12.4 Å². The molecule has 0 unspecified atom stereocenters. The molecule has 0 N–H and O–H groups in total. The van der Waals surface area contributed by atoms with Gasteiger partial charge in [-0.05, 0) is 61.7 Å². The molecule has 1 aromatic heterocycles. The Kier molecular flexibility index (Phi) is 7.98. The van der Waals surface area contributed by atoms with E-state index in [1.54, 1.807) is 12.3 Å². The average molecular weight is 363 g/mol. The lowest BCUT2D eigenvalue weighted by atomic mass is 10.2. The highest BCUT2D eigenvalue weighted by molar-refractivity contribution is 6.29. The van der Waals surface area contributed by atoms with Gasteiger partial charge in [-0.15, -0.1) is 10.2 Å². The molecule has 0 fully saturated rings. The zero-order valence-electron chi connectivity index (χ0n) is 14.6. The van der Waals surface area contributed by atoms with Crippen molar-refractivity contribution in [1.82, 2.24) is 10.2 Å². The van der Waals surface area contributed by atoms with E-state index in [9.17, 15) is 0 Å². The molecular formula is C18H23ClN4O2. The Bertz CT molecular complexity index is 647. The lowest BCUT2D eigenvalue weighted by molar-refractivity contribution is 0.160. The predicted octanol–water partition coefficient (Wildman–Crippen LogP) is 3.80. The maximum Gasteiger partial charge on any atom is 0.151 e. The molecule has 134 valence electrons. The van der Waals surface area contributed by atoms with Crippen LogP contribution in [0.5, 0.6) is 5.75 Å². The first-order valence-electron chi connectivity index (χ1n) is 8.27. The van der Waals surface area contributed by atoms with Crippen molar-refractivity contribution in [3.05, 3.63) is 47.1 Å². The number of hydrogen-bond acceptors (Lipinski definition) is 6. The molecule has 0 bridgehead atoms. The summed E-state index contributed by atoms with van der Waals surface area (Å²) in [4.78, 5) is 6.99. The van der Waals surface area contributed by atoms with Gasteiger partial charge in [0.05, 0.1) is 12.8 Å². The molecule has 2 rings (SSSR count). The van der Waals surface area contributed by atoms with Gasteiger partial charge in [0, 0.05) is 13.6 Å². The predicted molar refractivity (Wildman–Crippen MR) is 101 cm³/mol. The quantitative estimate of drug-likeness (QED) is 0.365. The molecule has 7 heteroatoms. The van der Waals surface area contributed by atoms with Gasteiger partial charge in [-0.2, -0.15) is 0 Å². The van der Waals surface area contributed by atoms with Crippen LogP contribution < -0.4 is 9.64 Å². The number of benzene rings is 1. The van der Waals surface area contributed by atoms with Crippen LogP contribution in [0, 0.1) is 0 Å². The smallest absolute Gasteiger partial charge is 0.151 e. The normalized spacial score (nSPS) is 10.8. The van der Waals surface area contributed by atoms with E-state index < -0.39 is 0 Å². The lowest BCUT2D eigenvalue weighted by Crippen LogP contribution is -2.20. The second-order valence-electron chi connectivity index (χ2n) is 5.41. The number of nitrogens with zero attached hydrogens (tertiary/aromatic N) is 4. The van der Waals surface area contributed by atoms with Crippen LogP contribution in [0.1, 0.15) is 25.3 Å². The van der Waals surface area contributed by atoms with E-state index in [1.807, 2.05) is 44.3 Å². The van der Waals surface area contributed by atoms with Crippen molar-refractivity contribution in [2.45, 2.75) is 19.8 Å². The van der Waals surface area contributed by atoms with E-state index in [0.717, 1.165) is 36.5 Å². The highest BCUT2D eigenvalue weighted by Crippen LogP contribution is 2.13. The van der Waals surface area contributed by atoms with Crippen LogP contribution in [0.3, 0.4) is 0 Å². The Hall–Kier alpha value is -2.34. The van der Waals surface area contributed by atoms with Crippen LogP contribution in [0.2, 0.25) is 5.15 Å². The summed E-state index contributed by atoms with van der Waals surface area (Å²) < 4.78 is 5.75. The Morgan fingerprint density at radius 1 is 1.12 bits per heavy atom. The molecule has 0 saturated heterocycles. The summed E-state index contributed by atoms with van der Waals surface area (Å²) in [6, 6.07) is 11.4. The zero-order valence-corrected chi connectivity index (χ0v) is 15.3. The number of anilines is 1. The topological polar surface area (TPSA) is 59.8 Å². The summed E-state index contributed by atoms with van der Waals surface area (Å²) in [6.45, 7) is 4.02. The fourth-order valence-electron chi connectivity index (χ4n) is 2.09. The van der Waals surface area contributed by atoms with E-state index in [2.05, 4.69) is 20.3 Å². The van der Waals surface area contributed by atoms with Gasteiger partial charge in [-0.1, -0.05) is 16.8 Å². The number of aromatic nitrogens is 2. The van der Waals surface area contributed by atoms with Crippen LogP contribution >= 0.6 is 11.6 Å². The third-order valence-electron chi connectivity index (χ3n) is 3.45. The Labute approximate surface area is 153 Å². The molecule has 0 saturated carbocycles. The molecule has 1 heterocycles. The van der Waals surface area contributed by atoms with E-state index >= 15 is 0 Å². The van der Waals surface area contributed by atoms with Crippen molar-refractivity contribution in [3.63, 3.8) is 0 Å². The van der Waals surface area contributed by atoms with E-state index in [1.165, 1.54) is 0 Å². The number of halogens is 1. The molecular weight excluding hydrogens is 340 g/mol. The van der Waals surface area contributed by atoms with E-state index in [0.29, 0.717) is 18.4 Å². The van der Waals surface area contributed by atoms with Gasteiger partial charge in [-0.25, -0.2) is 0 Å². The van der Waals surface area contributed by atoms with Crippen LogP contribution in [0.4, 0.5) is 5.82 Å². The number of unbranched alkanes of at least 4 members (excludes halogenated alkanes) is 1. The van der Waals surface area contributed by atoms with E-state index in [-0.39, 0.29) is 0 Å². The zero-order chi connectivity index (χ0) is 17.9. The highest BCUT2D eigenvalue weighted by Gasteiger charge is 2.03. The summed E-state index contributed by atoms with van der Waals surface area (Å²) in [7, 11) is 1.99. The molecule has 0 aliphatic heterocycles. The molecule has 0 amide bonds.